The molecule has 1 aromatic carbocycles. The maximum absolute atomic E-state index is 12.6. The standard InChI is InChI=1S/C21H21ClN2O4S/c1-3-28-19(25)13-23-21(27)17(24-20(26)15-7-5-4-6-8-15)11-16-9-10-18(29-16)14(2)12-22/h4-11H,2-3,12-13H2,1H3,(H,23,27)(H,24,26)/b17-11-. The van der Waals surface area contributed by atoms with Gasteiger partial charge in [0, 0.05) is 21.2 Å². The molecular weight excluding hydrogens is 412 g/mol. The van der Waals surface area contributed by atoms with Crippen molar-refractivity contribution in [1.29, 1.82) is 0 Å². The summed E-state index contributed by atoms with van der Waals surface area (Å²) in [7, 11) is 0. The number of hydrogen-bond donors (Lipinski definition) is 2. The summed E-state index contributed by atoms with van der Waals surface area (Å²) in [5.41, 5.74) is 1.17. The maximum Gasteiger partial charge on any atom is 0.325 e. The molecular formula is C21H21ClN2O4S. The predicted molar refractivity (Wildman–Crippen MR) is 116 cm³/mol. The summed E-state index contributed by atoms with van der Waals surface area (Å²) in [6, 6.07) is 12.1. The van der Waals surface area contributed by atoms with Crippen molar-refractivity contribution in [3.05, 3.63) is 70.1 Å². The van der Waals surface area contributed by atoms with Crippen molar-refractivity contribution >= 4 is 52.4 Å². The fourth-order valence-electron chi connectivity index (χ4n) is 2.23. The molecule has 0 bridgehead atoms. The molecule has 0 saturated carbocycles. The molecule has 2 rings (SSSR count). The molecule has 0 aliphatic rings. The first kappa shape index (κ1) is 22.4. The Bertz CT molecular complexity index is 922. The van der Waals surface area contributed by atoms with Crippen LogP contribution in [0.2, 0.25) is 0 Å². The lowest BCUT2D eigenvalue weighted by molar-refractivity contribution is -0.143. The zero-order chi connectivity index (χ0) is 21.2. The highest BCUT2D eigenvalue weighted by Crippen LogP contribution is 2.25. The van der Waals surface area contributed by atoms with Gasteiger partial charge in [0.15, 0.2) is 0 Å². The third kappa shape index (κ3) is 6.89. The van der Waals surface area contributed by atoms with Gasteiger partial charge in [-0.25, -0.2) is 0 Å². The van der Waals surface area contributed by atoms with Gasteiger partial charge in [0.1, 0.15) is 12.2 Å². The second-order valence-electron chi connectivity index (χ2n) is 5.81. The minimum absolute atomic E-state index is 0.00744. The van der Waals surface area contributed by atoms with Gasteiger partial charge < -0.3 is 15.4 Å². The van der Waals surface area contributed by atoms with Gasteiger partial charge in [-0.15, -0.1) is 22.9 Å². The topological polar surface area (TPSA) is 84.5 Å². The minimum atomic E-state index is -0.603. The number of halogens is 1. The van der Waals surface area contributed by atoms with Crippen molar-refractivity contribution in [1.82, 2.24) is 10.6 Å². The number of amides is 2. The highest BCUT2D eigenvalue weighted by Gasteiger charge is 2.16. The Balaban J connectivity index is 2.23. The van der Waals surface area contributed by atoms with Crippen LogP contribution >= 0.6 is 22.9 Å². The first-order valence-electron chi connectivity index (χ1n) is 8.80. The van der Waals surface area contributed by atoms with Gasteiger partial charge in [0.25, 0.3) is 11.8 Å². The number of esters is 1. The van der Waals surface area contributed by atoms with Crippen molar-refractivity contribution in [2.75, 3.05) is 19.0 Å². The van der Waals surface area contributed by atoms with Gasteiger partial charge in [-0.05, 0) is 42.8 Å². The number of ether oxygens (including phenoxy) is 1. The molecule has 0 atom stereocenters. The summed E-state index contributed by atoms with van der Waals surface area (Å²) in [6.45, 7) is 5.47. The van der Waals surface area contributed by atoms with Gasteiger partial charge in [0.05, 0.1) is 6.61 Å². The van der Waals surface area contributed by atoms with Gasteiger partial charge in [0.2, 0.25) is 0 Å². The lowest BCUT2D eigenvalue weighted by Gasteiger charge is -2.10. The van der Waals surface area contributed by atoms with E-state index in [9.17, 15) is 14.4 Å². The lowest BCUT2D eigenvalue weighted by atomic mass is 10.2. The Kier molecular flexibility index (Phi) is 8.64. The molecule has 1 heterocycles. The number of carbonyl (C=O) groups excluding carboxylic acids is 3. The third-order valence-electron chi connectivity index (χ3n) is 3.65. The van der Waals surface area contributed by atoms with Crippen molar-refractivity contribution < 1.29 is 19.1 Å². The van der Waals surface area contributed by atoms with Crippen molar-refractivity contribution in [3.8, 4) is 0 Å². The largest absolute Gasteiger partial charge is 0.465 e. The number of benzene rings is 1. The van der Waals surface area contributed by atoms with E-state index in [0.717, 1.165) is 15.3 Å². The summed E-state index contributed by atoms with van der Waals surface area (Å²) in [6.07, 6.45) is 1.54. The highest BCUT2D eigenvalue weighted by molar-refractivity contribution is 7.14. The van der Waals surface area contributed by atoms with Crippen LogP contribution in [0.5, 0.6) is 0 Å². The second kappa shape index (κ2) is 11.2. The molecule has 0 spiro atoms. The van der Waals surface area contributed by atoms with Gasteiger partial charge >= 0.3 is 5.97 Å². The van der Waals surface area contributed by atoms with Crippen LogP contribution in [0, 0.1) is 0 Å². The molecule has 0 radical (unpaired) electrons. The third-order valence-corrected chi connectivity index (χ3v) is 5.11. The summed E-state index contributed by atoms with van der Waals surface area (Å²) in [4.78, 5) is 38.2. The summed E-state index contributed by atoms with van der Waals surface area (Å²) < 4.78 is 4.80. The fraction of sp³-hybridized carbons (Fsp3) is 0.190. The molecule has 2 amide bonds. The second-order valence-corrected chi connectivity index (χ2v) is 7.19. The first-order valence-corrected chi connectivity index (χ1v) is 10.2. The van der Waals surface area contributed by atoms with E-state index in [1.165, 1.54) is 17.4 Å². The van der Waals surface area contributed by atoms with Crippen LogP contribution in [0.4, 0.5) is 0 Å². The fourth-order valence-corrected chi connectivity index (χ4v) is 3.37. The highest BCUT2D eigenvalue weighted by atomic mass is 35.5. The molecule has 2 N–H and O–H groups in total. The van der Waals surface area contributed by atoms with Gasteiger partial charge in [-0.3, -0.25) is 14.4 Å². The quantitative estimate of drug-likeness (QED) is 0.361. The summed E-state index contributed by atoms with van der Waals surface area (Å²) in [5, 5.41) is 5.06. The number of nitrogens with one attached hydrogen (secondary N) is 2. The Morgan fingerprint density at radius 1 is 1.17 bits per heavy atom. The summed E-state index contributed by atoms with van der Waals surface area (Å²) in [5.74, 6) is -1.31. The Morgan fingerprint density at radius 2 is 1.90 bits per heavy atom. The SMILES string of the molecule is C=C(CCl)c1ccc(/C=C(\NC(=O)c2ccccc2)C(=O)NCC(=O)OCC)s1. The zero-order valence-electron chi connectivity index (χ0n) is 15.9. The molecule has 152 valence electrons. The monoisotopic (exact) mass is 432 g/mol. The van der Waals surface area contributed by atoms with Crippen molar-refractivity contribution in [2.24, 2.45) is 0 Å². The van der Waals surface area contributed by atoms with E-state index in [4.69, 9.17) is 16.3 Å². The normalized spacial score (nSPS) is 10.9. The van der Waals surface area contributed by atoms with Crippen molar-refractivity contribution in [3.63, 3.8) is 0 Å². The van der Waals surface area contributed by atoms with Crippen LogP contribution in [0.25, 0.3) is 11.6 Å². The van der Waals surface area contributed by atoms with Crippen LogP contribution in [0.1, 0.15) is 27.0 Å². The number of thiophene rings is 1. The van der Waals surface area contributed by atoms with Crippen molar-refractivity contribution in [2.45, 2.75) is 6.92 Å². The average Bonchev–Trinajstić information content (AvgIpc) is 3.20. The lowest BCUT2D eigenvalue weighted by Crippen LogP contribution is -2.37. The van der Waals surface area contributed by atoms with E-state index < -0.39 is 17.8 Å². The van der Waals surface area contributed by atoms with E-state index in [0.29, 0.717) is 11.4 Å². The van der Waals surface area contributed by atoms with E-state index in [1.54, 1.807) is 43.3 Å². The Morgan fingerprint density at radius 3 is 2.55 bits per heavy atom. The molecule has 29 heavy (non-hydrogen) atoms. The van der Waals surface area contributed by atoms with E-state index >= 15 is 0 Å². The van der Waals surface area contributed by atoms with E-state index in [1.807, 2.05) is 6.07 Å². The molecule has 1 aromatic heterocycles. The number of alkyl halides is 1. The molecule has 0 aliphatic carbocycles. The zero-order valence-corrected chi connectivity index (χ0v) is 17.4. The van der Waals surface area contributed by atoms with Crippen LogP contribution in [-0.2, 0) is 14.3 Å². The van der Waals surface area contributed by atoms with Crippen LogP contribution < -0.4 is 10.6 Å². The smallest absolute Gasteiger partial charge is 0.325 e. The molecule has 0 unspecified atom stereocenters. The van der Waals surface area contributed by atoms with Gasteiger partial charge in [-0.2, -0.15) is 0 Å². The number of carbonyl (C=O) groups is 3. The number of hydrogen-bond acceptors (Lipinski definition) is 5. The molecule has 0 fully saturated rings. The molecule has 0 saturated heterocycles. The Labute approximate surface area is 178 Å². The molecule has 8 heteroatoms. The summed E-state index contributed by atoms with van der Waals surface area (Å²) >= 11 is 7.20. The van der Waals surface area contributed by atoms with Crippen LogP contribution in [-0.4, -0.2) is 36.8 Å². The number of allylic oxidation sites excluding steroid dienone is 1. The maximum atomic E-state index is 12.6. The van der Waals surface area contributed by atoms with E-state index in [-0.39, 0.29) is 18.8 Å². The number of rotatable bonds is 9. The molecule has 6 nitrogen and oxygen atoms in total. The van der Waals surface area contributed by atoms with E-state index in [2.05, 4.69) is 17.2 Å². The molecule has 2 aromatic rings. The van der Waals surface area contributed by atoms with Gasteiger partial charge in [-0.1, -0.05) is 24.8 Å². The molecule has 0 aliphatic heterocycles. The Hall–Kier alpha value is -2.90. The van der Waals surface area contributed by atoms with Crippen LogP contribution in [0.3, 0.4) is 0 Å². The first-order chi connectivity index (χ1) is 13.9. The average molecular weight is 433 g/mol. The minimum Gasteiger partial charge on any atom is -0.465 e. The van der Waals surface area contributed by atoms with Crippen LogP contribution in [0.15, 0.2) is 54.7 Å². The predicted octanol–water partition coefficient (Wildman–Crippen LogP) is 3.45.